The number of carbonyl (C=O) groups excluding carboxylic acids is 3. The third-order valence-electron chi connectivity index (χ3n) is 6.32. The maximum atomic E-state index is 14.1. The number of aromatic amines is 1. The lowest BCUT2D eigenvalue weighted by Crippen LogP contribution is -2.38. The molecule has 0 bridgehead atoms. The predicted octanol–water partition coefficient (Wildman–Crippen LogP) is 3.32. The van der Waals surface area contributed by atoms with Gasteiger partial charge in [-0.05, 0) is 50.2 Å². The number of benzene rings is 1. The monoisotopic (exact) mass is 471 g/mol. The van der Waals surface area contributed by atoms with Gasteiger partial charge < -0.3 is 24.6 Å². The molecule has 0 saturated carbocycles. The standard InChI is InChI=1S/C25H30FN3O5/c1-6-28(7-2)11-12-29-21(16-9-8-10-17(26)13-16)19(23(31)24(29)32)22(30)18-14(3)20(25(33)34-5)27-15(18)4/h8-10,13,21,27,30H,6-7,11-12H2,1-5H3/b22-19+/t21-/m1/s1. The van der Waals surface area contributed by atoms with Crippen molar-refractivity contribution < 1.29 is 28.6 Å². The van der Waals surface area contributed by atoms with Crippen LogP contribution >= 0.6 is 0 Å². The second-order valence-corrected chi connectivity index (χ2v) is 8.19. The Morgan fingerprint density at radius 1 is 1.24 bits per heavy atom. The molecule has 8 nitrogen and oxygen atoms in total. The number of carbonyl (C=O) groups is 3. The number of halogens is 1. The number of amides is 1. The molecule has 1 saturated heterocycles. The average Bonchev–Trinajstić information content (AvgIpc) is 3.26. The number of Topliss-reactive ketones (excluding diaryl/α,β-unsaturated/α-hetero) is 1. The Hall–Kier alpha value is -3.46. The minimum Gasteiger partial charge on any atom is -0.507 e. The quantitative estimate of drug-likeness (QED) is 0.265. The summed E-state index contributed by atoms with van der Waals surface area (Å²) < 4.78 is 18.9. The number of likely N-dealkylation sites (tertiary alicyclic amines) is 1. The van der Waals surface area contributed by atoms with E-state index in [-0.39, 0.29) is 23.4 Å². The molecule has 0 radical (unpaired) electrons. The first-order valence-corrected chi connectivity index (χ1v) is 11.2. The van der Waals surface area contributed by atoms with Crippen molar-refractivity contribution >= 4 is 23.4 Å². The molecule has 0 spiro atoms. The van der Waals surface area contributed by atoms with Gasteiger partial charge in [-0.2, -0.15) is 0 Å². The third-order valence-corrected chi connectivity index (χ3v) is 6.32. The summed E-state index contributed by atoms with van der Waals surface area (Å²) >= 11 is 0. The van der Waals surface area contributed by atoms with Crippen molar-refractivity contribution in [1.29, 1.82) is 0 Å². The second kappa shape index (κ2) is 10.2. The molecule has 1 aliphatic heterocycles. The Morgan fingerprint density at radius 2 is 1.91 bits per heavy atom. The fourth-order valence-electron chi connectivity index (χ4n) is 4.47. The first kappa shape index (κ1) is 25.2. The molecule has 1 amide bonds. The molecule has 3 rings (SSSR count). The number of aliphatic hydroxyl groups is 1. The van der Waals surface area contributed by atoms with Crippen LogP contribution in [0.25, 0.3) is 5.76 Å². The predicted molar refractivity (Wildman–Crippen MR) is 125 cm³/mol. The number of hydrogen-bond acceptors (Lipinski definition) is 6. The van der Waals surface area contributed by atoms with E-state index in [9.17, 15) is 23.9 Å². The van der Waals surface area contributed by atoms with Gasteiger partial charge in [0.15, 0.2) is 0 Å². The summed E-state index contributed by atoms with van der Waals surface area (Å²) in [5.74, 6) is -3.18. The van der Waals surface area contributed by atoms with E-state index in [0.29, 0.717) is 23.4 Å². The molecule has 1 aromatic carbocycles. The molecular weight excluding hydrogens is 441 g/mol. The summed E-state index contributed by atoms with van der Waals surface area (Å²) in [6, 6.07) is 4.67. The van der Waals surface area contributed by atoms with Gasteiger partial charge in [0.05, 0.1) is 18.7 Å². The highest BCUT2D eigenvalue weighted by molar-refractivity contribution is 6.46. The number of esters is 1. The smallest absolute Gasteiger partial charge is 0.354 e. The molecule has 1 atom stereocenters. The molecule has 1 aromatic heterocycles. The Kier molecular flexibility index (Phi) is 7.56. The largest absolute Gasteiger partial charge is 0.507 e. The number of rotatable bonds is 8. The summed E-state index contributed by atoms with van der Waals surface area (Å²) in [6.07, 6.45) is 0. The Morgan fingerprint density at radius 3 is 2.50 bits per heavy atom. The molecule has 0 unspecified atom stereocenters. The third kappa shape index (κ3) is 4.48. The van der Waals surface area contributed by atoms with E-state index < -0.39 is 35.3 Å². The van der Waals surface area contributed by atoms with Crippen LogP contribution in [0.3, 0.4) is 0 Å². The lowest BCUT2D eigenvalue weighted by Gasteiger charge is -2.28. The van der Waals surface area contributed by atoms with Crippen LogP contribution in [-0.4, -0.2) is 70.8 Å². The van der Waals surface area contributed by atoms with Gasteiger partial charge in [0.1, 0.15) is 17.3 Å². The second-order valence-electron chi connectivity index (χ2n) is 8.19. The van der Waals surface area contributed by atoms with Crippen LogP contribution in [0.5, 0.6) is 0 Å². The number of likely N-dealkylation sites (N-methyl/N-ethyl adjacent to an activating group) is 1. The van der Waals surface area contributed by atoms with Gasteiger partial charge in [0.25, 0.3) is 11.7 Å². The van der Waals surface area contributed by atoms with Gasteiger partial charge in [0, 0.05) is 24.3 Å². The summed E-state index contributed by atoms with van der Waals surface area (Å²) in [7, 11) is 1.24. The van der Waals surface area contributed by atoms with E-state index in [4.69, 9.17) is 4.74 Å². The zero-order valence-corrected chi connectivity index (χ0v) is 20.1. The Labute approximate surface area is 198 Å². The van der Waals surface area contributed by atoms with Crippen molar-refractivity contribution in [3.05, 3.63) is 63.7 Å². The highest BCUT2D eigenvalue weighted by atomic mass is 19.1. The highest BCUT2D eigenvalue weighted by Crippen LogP contribution is 2.40. The maximum absolute atomic E-state index is 14.1. The highest BCUT2D eigenvalue weighted by Gasteiger charge is 2.46. The van der Waals surface area contributed by atoms with Crippen molar-refractivity contribution in [2.24, 2.45) is 0 Å². The first-order valence-electron chi connectivity index (χ1n) is 11.2. The Balaban J connectivity index is 2.19. The van der Waals surface area contributed by atoms with E-state index in [0.717, 1.165) is 13.1 Å². The molecule has 182 valence electrons. The van der Waals surface area contributed by atoms with Gasteiger partial charge in [-0.25, -0.2) is 9.18 Å². The maximum Gasteiger partial charge on any atom is 0.354 e. The van der Waals surface area contributed by atoms with Crippen LogP contribution in [0.1, 0.15) is 52.8 Å². The van der Waals surface area contributed by atoms with Crippen molar-refractivity contribution in [2.75, 3.05) is 33.3 Å². The van der Waals surface area contributed by atoms with Crippen molar-refractivity contribution in [2.45, 2.75) is 33.7 Å². The zero-order valence-electron chi connectivity index (χ0n) is 20.1. The number of aromatic nitrogens is 1. The number of hydrogen-bond donors (Lipinski definition) is 2. The van der Waals surface area contributed by atoms with Crippen LogP contribution in [0.2, 0.25) is 0 Å². The summed E-state index contributed by atoms with van der Waals surface area (Å²) in [6.45, 7) is 9.52. The molecule has 1 aliphatic rings. The number of methoxy groups -OCH3 is 1. The Bertz CT molecular complexity index is 1150. The number of nitrogens with zero attached hydrogens (tertiary/aromatic N) is 2. The minimum atomic E-state index is -0.971. The molecular formula is C25H30FN3O5. The molecule has 2 N–H and O–H groups in total. The van der Waals surface area contributed by atoms with E-state index in [1.807, 2.05) is 13.8 Å². The van der Waals surface area contributed by atoms with Gasteiger partial charge in [-0.1, -0.05) is 26.0 Å². The van der Waals surface area contributed by atoms with Gasteiger partial charge >= 0.3 is 5.97 Å². The number of nitrogens with one attached hydrogen (secondary N) is 1. The number of ether oxygens (including phenoxy) is 1. The van der Waals surface area contributed by atoms with Crippen molar-refractivity contribution in [1.82, 2.24) is 14.8 Å². The van der Waals surface area contributed by atoms with Crippen molar-refractivity contribution in [3.8, 4) is 0 Å². The van der Waals surface area contributed by atoms with Crippen LogP contribution in [-0.2, 0) is 14.3 Å². The molecule has 2 aromatic rings. The fourth-order valence-corrected chi connectivity index (χ4v) is 4.47. The molecule has 34 heavy (non-hydrogen) atoms. The first-order chi connectivity index (χ1) is 16.2. The van der Waals surface area contributed by atoms with Crippen LogP contribution < -0.4 is 0 Å². The summed E-state index contributed by atoms with van der Waals surface area (Å²) in [5.41, 5.74) is 1.43. The van der Waals surface area contributed by atoms with E-state index >= 15 is 0 Å². The fraction of sp³-hybridized carbons (Fsp3) is 0.400. The summed E-state index contributed by atoms with van der Waals surface area (Å²) in [5, 5.41) is 11.3. The number of aryl methyl sites for hydroxylation is 1. The van der Waals surface area contributed by atoms with Crippen LogP contribution in [0, 0.1) is 19.7 Å². The van der Waals surface area contributed by atoms with Crippen molar-refractivity contribution in [3.63, 3.8) is 0 Å². The van der Waals surface area contributed by atoms with Gasteiger partial charge in [0.2, 0.25) is 0 Å². The van der Waals surface area contributed by atoms with Crippen LogP contribution in [0.4, 0.5) is 4.39 Å². The molecule has 9 heteroatoms. The molecule has 0 aliphatic carbocycles. The normalized spacial score (nSPS) is 17.6. The number of aliphatic hydroxyl groups excluding tert-OH is 1. The van der Waals surface area contributed by atoms with E-state index in [2.05, 4.69) is 9.88 Å². The summed E-state index contributed by atoms with van der Waals surface area (Å²) in [4.78, 5) is 44.7. The van der Waals surface area contributed by atoms with E-state index in [1.54, 1.807) is 19.9 Å². The lowest BCUT2D eigenvalue weighted by molar-refractivity contribution is -0.140. The molecule has 2 heterocycles. The SMILES string of the molecule is CCN(CC)CCN1C(=O)C(=O)/C(=C(/O)c2c(C)[nH]c(C(=O)OC)c2C)[C@H]1c1cccc(F)c1. The minimum absolute atomic E-state index is 0.139. The van der Waals surface area contributed by atoms with E-state index in [1.165, 1.54) is 30.2 Å². The van der Waals surface area contributed by atoms with Gasteiger partial charge in [-0.3, -0.25) is 9.59 Å². The topological polar surface area (TPSA) is 103 Å². The van der Waals surface area contributed by atoms with Crippen LogP contribution in [0.15, 0.2) is 29.8 Å². The number of H-pyrrole nitrogens is 1. The zero-order chi connectivity index (χ0) is 25.2. The average molecular weight is 472 g/mol. The van der Waals surface area contributed by atoms with Gasteiger partial charge in [-0.15, -0.1) is 0 Å². The number of ketones is 1. The lowest BCUT2D eigenvalue weighted by atomic mass is 9.94. The molecule has 1 fully saturated rings.